The molecule has 1 aromatic rings. The summed E-state index contributed by atoms with van der Waals surface area (Å²) in [5, 5.41) is 3.01. The molecule has 0 unspecified atom stereocenters. The van der Waals surface area contributed by atoms with Crippen LogP contribution in [0.4, 0.5) is 11.4 Å². The number of hydrogen-bond donors (Lipinski definition) is 3. The van der Waals surface area contributed by atoms with Gasteiger partial charge in [-0.2, -0.15) is 0 Å². The Kier molecular flexibility index (Phi) is 4.33. The number of nitrogens with two attached hydrogens (primary N) is 2. The summed E-state index contributed by atoms with van der Waals surface area (Å²) in [6.45, 7) is 1.07. The summed E-state index contributed by atoms with van der Waals surface area (Å²) < 4.78 is 24.8. The van der Waals surface area contributed by atoms with E-state index in [0.29, 0.717) is 24.5 Å². The van der Waals surface area contributed by atoms with Crippen LogP contribution in [0.25, 0.3) is 0 Å². The lowest BCUT2D eigenvalue weighted by Gasteiger charge is -2.14. The molecule has 0 aliphatic heterocycles. The topological polar surface area (TPSA) is 101 Å². The van der Waals surface area contributed by atoms with Gasteiger partial charge in [-0.3, -0.25) is 0 Å². The standard InChI is InChI=1S/C10H18N4O2S/c1-14(2)17(15,16)8-3-4-10(9(12)7-8)13-6-5-11/h3-4,7,13H,5-6,11-12H2,1-2H3. The van der Waals surface area contributed by atoms with Crippen molar-refractivity contribution in [2.45, 2.75) is 4.90 Å². The minimum atomic E-state index is -3.44. The number of nitrogen functional groups attached to an aromatic ring is 1. The first-order valence-corrected chi connectivity index (χ1v) is 6.59. The highest BCUT2D eigenvalue weighted by Gasteiger charge is 2.17. The molecule has 6 nitrogen and oxygen atoms in total. The molecule has 7 heteroatoms. The maximum Gasteiger partial charge on any atom is 0.242 e. The first-order chi connectivity index (χ1) is 7.89. The van der Waals surface area contributed by atoms with Gasteiger partial charge < -0.3 is 16.8 Å². The quantitative estimate of drug-likeness (QED) is 0.640. The van der Waals surface area contributed by atoms with E-state index in [1.165, 1.54) is 26.2 Å². The fourth-order valence-electron chi connectivity index (χ4n) is 1.28. The number of hydrogen-bond acceptors (Lipinski definition) is 5. The maximum atomic E-state index is 11.8. The third-order valence-electron chi connectivity index (χ3n) is 2.26. The summed E-state index contributed by atoms with van der Waals surface area (Å²) in [4.78, 5) is 0.179. The Balaban J connectivity index is 3.05. The Hall–Kier alpha value is -1.31. The van der Waals surface area contributed by atoms with Crippen LogP contribution in [0.1, 0.15) is 0 Å². The fourth-order valence-corrected chi connectivity index (χ4v) is 2.22. The zero-order valence-corrected chi connectivity index (χ0v) is 10.8. The van der Waals surface area contributed by atoms with Crippen molar-refractivity contribution >= 4 is 21.4 Å². The molecular formula is C10H18N4O2S. The molecule has 0 atom stereocenters. The number of nitrogens with one attached hydrogen (secondary N) is 1. The molecular weight excluding hydrogens is 240 g/mol. The third-order valence-corrected chi connectivity index (χ3v) is 4.07. The highest BCUT2D eigenvalue weighted by atomic mass is 32.2. The van der Waals surface area contributed by atoms with E-state index in [-0.39, 0.29) is 4.90 Å². The normalized spacial score (nSPS) is 11.8. The summed E-state index contributed by atoms with van der Waals surface area (Å²) in [7, 11) is -0.479. The minimum absolute atomic E-state index is 0.179. The Labute approximate surface area is 102 Å². The molecule has 0 fully saturated rings. The first-order valence-electron chi connectivity index (χ1n) is 5.15. The second kappa shape index (κ2) is 5.35. The van der Waals surface area contributed by atoms with Crippen LogP contribution in [0.15, 0.2) is 23.1 Å². The number of nitrogens with zero attached hydrogens (tertiary/aromatic N) is 1. The van der Waals surface area contributed by atoms with Gasteiger partial charge >= 0.3 is 0 Å². The van der Waals surface area contributed by atoms with Gasteiger partial charge in [0.15, 0.2) is 0 Å². The average molecular weight is 258 g/mol. The van der Waals surface area contributed by atoms with E-state index in [1.54, 1.807) is 6.07 Å². The van der Waals surface area contributed by atoms with Crippen molar-refractivity contribution < 1.29 is 8.42 Å². The SMILES string of the molecule is CN(C)S(=O)(=O)c1ccc(NCCN)c(N)c1. The molecule has 5 N–H and O–H groups in total. The maximum absolute atomic E-state index is 11.8. The van der Waals surface area contributed by atoms with Crippen LogP contribution in [0, 0.1) is 0 Å². The van der Waals surface area contributed by atoms with E-state index in [1.807, 2.05) is 0 Å². The average Bonchev–Trinajstić information content (AvgIpc) is 2.27. The predicted octanol–water partition coefficient (Wildman–Crippen LogP) is -0.110. The van der Waals surface area contributed by atoms with Crippen molar-refractivity contribution in [3.63, 3.8) is 0 Å². The van der Waals surface area contributed by atoms with Crippen LogP contribution in [-0.4, -0.2) is 39.9 Å². The first kappa shape index (κ1) is 13.8. The van der Waals surface area contributed by atoms with E-state index in [9.17, 15) is 8.42 Å². The Bertz CT molecular complexity index is 485. The Morgan fingerprint density at radius 2 is 2.00 bits per heavy atom. The largest absolute Gasteiger partial charge is 0.397 e. The molecule has 1 aromatic carbocycles. The molecule has 96 valence electrons. The van der Waals surface area contributed by atoms with Crippen LogP contribution in [0.3, 0.4) is 0 Å². The van der Waals surface area contributed by atoms with Gasteiger partial charge in [0.2, 0.25) is 10.0 Å². The van der Waals surface area contributed by atoms with Gasteiger partial charge in [0.05, 0.1) is 16.3 Å². The Morgan fingerprint density at radius 1 is 1.35 bits per heavy atom. The highest BCUT2D eigenvalue weighted by molar-refractivity contribution is 7.89. The van der Waals surface area contributed by atoms with E-state index in [4.69, 9.17) is 11.5 Å². The van der Waals surface area contributed by atoms with Crippen molar-refractivity contribution in [3.05, 3.63) is 18.2 Å². The van der Waals surface area contributed by atoms with Crippen LogP contribution in [-0.2, 0) is 10.0 Å². The molecule has 0 saturated heterocycles. The Morgan fingerprint density at radius 3 is 2.47 bits per heavy atom. The number of anilines is 2. The van der Waals surface area contributed by atoms with E-state index in [2.05, 4.69) is 5.32 Å². The second-order valence-corrected chi connectivity index (χ2v) is 5.90. The zero-order chi connectivity index (χ0) is 13.1. The van der Waals surface area contributed by atoms with Gasteiger partial charge in [-0.05, 0) is 18.2 Å². The molecule has 0 bridgehead atoms. The van der Waals surface area contributed by atoms with E-state index < -0.39 is 10.0 Å². The zero-order valence-electron chi connectivity index (χ0n) is 9.97. The molecule has 0 aromatic heterocycles. The van der Waals surface area contributed by atoms with Gasteiger partial charge in [0, 0.05) is 27.2 Å². The van der Waals surface area contributed by atoms with E-state index >= 15 is 0 Å². The molecule has 0 amide bonds. The summed E-state index contributed by atoms with van der Waals surface area (Å²) in [5.41, 5.74) is 12.2. The van der Waals surface area contributed by atoms with Gasteiger partial charge in [-0.15, -0.1) is 0 Å². The van der Waals surface area contributed by atoms with Gasteiger partial charge in [0.1, 0.15) is 0 Å². The van der Waals surface area contributed by atoms with E-state index in [0.717, 1.165) is 4.31 Å². The lowest BCUT2D eigenvalue weighted by Crippen LogP contribution is -2.22. The van der Waals surface area contributed by atoms with Gasteiger partial charge in [-0.1, -0.05) is 0 Å². The van der Waals surface area contributed by atoms with Crippen LogP contribution in [0.5, 0.6) is 0 Å². The lowest BCUT2D eigenvalue weighted by atomic mass is 10.2. The number of sulfonamides is 1. The van der Waals surface area contributed by atoms with Crippen molar-refractivity contribution in [1.82, 2.24) is 4.31 Å². The smallest absolute Gasteiger partial charge is 0.242 e. The van der Waals surface area contributed by atoms with Gasteiger partial charge in [-0.25, -0.2) is 12.7 Å². The second-order valence-electron chi connectivity index (χ2n) is 3.75. The highest BCUT2D eigenvalue weighted by Crippen LogP contribution is 2.23. The molecule has 1 rings (SSSR count). The summed E-state index contributed by atoms with van der Waals surface area (Å²) in [5.74, 6) is 0. The van der Waals surface area contributed by atoms with Gasteiger partial charge in [0.25, 0.3) is 0 Å². The van der Waals surface area contributed by atoms with Crippen LogP contribution < -0.4 is 16.8 Å². The fraction of sp³-hybridized carbons (Fsp3) is 0.400. The van der Waals surface area contributed by atoms with Crippen molar-refractivity contribution in [3.8, 4) is 0 Å². The van der Waals surface area contributed by atoms with Crippen LogP contribution >= 0.6 is 0 Å². The molecule has 0 aliphatic rings. The minimum Gasteiger partial charge on any atom is -0.397 e. The van der Waals surface area contributed by atoms with Crippen molar-refractivity contribution in [2.75, 3.05) is 38.2 Å². The number of benzene rings is 1. The summed E-state index contributed by atoms with van der Waals surface area (Å²) in [6.07, 6.45) is 0. The van der Waals surface area contributed by atoms with Crippen molar-refractivity contribution in [2.24, 2.45) is 5.73 Å². The lowest BCUT2D eigenvalue weighted by molar-refractivity contribution is 0.521. The summed E-state index contributed by atoms with van der Waals surface area (Å²) >= 11 is 0. The molecule has 0 aliphatic carbocycles. The van der Waals surface area contributed by atoms with Crippen LogP contribution in [0.2, 0.25) is 0 Å². The molecule has 0 saturated carbocycles. The molecule has 17 heavy (non-hydrogen) atoms. The summed E-state index contributed by atoms with van der Waals surface area (Å²) in [6, 6.07) is 4.60. The predicted molar refractivity (Wildman–Crippen MR) is 69.3 cm³/mol. The molecule has 0 radical (unpaired) electrons. The van der Waals surface area contributed by atoms with Crippen molar-refractivity contribution in [1.29, 1.82) is 0 Å². The molecule has 0 heterocycles. The monoisotopic (exact) mass is 258 g/mol. The third kappa shape index (κ3) is 3.09. The number of rotatable bonds is 5. The molecule has 0 spiro atoms.